The fourth-order valence-corrected chi connectivity index (χ4v) is 2.71. The van der Waals surface area contributed by atoms with Crippen molar-refractivity contribution < 1.29 is 18.7 Å². The number of ether oxygens (including phenoxy) is 2. The molecular weight excluding hydrogens is 345 g/mol. The highest BCUT2D eigenvalue weighted by atomic mass is 35.5. The molecular formula is C19H17ClFNO3. The van der Waals surface area contributed by atoms with Crippen molar-refractivity contribution in [3.05, 3.63) is 70.5 Å². The van der Waals surface area contributed by atoms with Crippen molar-refractivity contribution >= 4 is 17.5 Å². The van der Waals surface area contributed by atoms with Gasteiger partial charge in [0.1, 0.15) is 30.5 Å². The molecule has 1 N–H and O–H groups in total. The Hall–Kier alpha value is -2.53. The lowest BCUT2D eigenvalue weighted by Gasteiger charge is -2.12. The Morgan fingerprint density at radius 3 is 2.48 bits per heavy atom. The summed E-state index contributed by atoms with van der Waals surface area (Å²) in [6, 6.07) is 9.41. The minimum atomic E-state index is -0.488. The third-order valence-electron chi connectivity index (χ3n) is 3.72. The van der Waals surface area contributed by atoms with E-state index in [4.69, 9.17) is 21.1 Å². The van der Waals surface area contributed by atoms with Gasteiger partial charge in [-0.1, -0.05) is 17.7 Å². The van der Waals surface area contributed by atoms with Crippen LogP contribution in [0.2, 0.25) is 5.02 Å². The summed E-state index contributed by atoms with van der Waals surface area (Å²) < 4.78 is 24.7. The fraction of sp³-hybridized carbons (Fsp3) is 0.211. The molecule has 2 aromatic rings. The topological polar surface area (TPSA) is 47.6 Å². The van der Waals surface area contributed by atoms with Crippen LogP contribution in [0, 0.1) is 5.82 Å². The second kappa shape index (κ2) is 8.03. The van der Waals surface area contributed by atoms with Gasteiger partial charge in [-0.15, -0.1) is 0 Å². The lowest BCUT2D eigenvalue weighted by molar-refractivity contribution is 0.0950. The SMILES string of the molecule is O=C1NCCc2ccc(c(Cl)c2)OC/C=C/COc2ccc(F)cc21. The number of carbonyl (C=O) groups is 1. The number of halogens is 2. The number of benzene rings is 2. The van der Waals surface area contributed by atoms with Gasteiger partial charge in [0.05, 0.1) is 10.6 Å². The maximum atomic E-state index is 13.5. The number of amides is 1. The minimum absolute atomic E-state index is 0.171. The highest BCUT2D eigenvalue weighted by Crippen LogP contribution is 2.26. The van der Waals surface area contributed by atoms with Crippen LogP contribution in [-0.4, -0.2) is 25.7 Å². The molecule has 25 heavy (non-hydrogen) atoms. The lowest BCUT2D eigenvalue weighted by Crippen LogP contribution is -2.26. The van der Waals surface area contributed by atoms with Gasteiger partial charge in [-0.3, -0.25) is 4.79 Å². The van der Waals surface area contributed by atoms with Gasteiger partial charge in [-0.2, -0.15) is 0 Å². The van der Waals surface area contributed by atoms with Crippen LogP contribution >= 0.6 is 11.6 Å². The summed E-state index contributed by atoms with van der Waals surface area (Å²) in [7, 11) is 0. The molecule has 130 valence electrons. The maximum absolute atomic E-state index is 13.5. The predicted octanol–water partition coefficient (Wildman–Crippen LogP) is 3.78. The molecule has 0 fully saturated rings. The Morgan fingerprint density at radius 1 is 1.00 bits per heavy atom. The molecule has 2 bridgehead atoms. The average molecular weight is 362 g/mol. The van der Waals surface area contributed by atoms with E-state index in [1.165, 1.54) is 18.2 Å². The minimum Gasteiger partial charge on any atom is -0.489 e. The number of nitrogens with one attached hydrogen (secondary N) is 1. The maximum Gasteiger partial charge on any atom is 0.255 e. The summed E-state index contributed by atoms with van der Waals surface area (Å²) >= 11 is 6.20. The van der Waals surface area contributed by atoms with Crippen LogP contribution in [0.1, 0.15) is 15.9 Å². The summed E-state index contributed by atoms with van der Waals surface area (Å²) in [6.45, 7) is 0.979. The van der Waals surface area contributed by atoms with Crippen LogP contribution in [0.3, 0.4) is 0 Å². The van der Waals surface area contributed by atoms with E-state index >= 15 is 0 Å². The van der Waals surface area contributed by atoms with Crippen molar-refractivity contribution in [1.82, 2.24) is 5.32 Å². The molecule has 0 saturated carbocycles. The summed E-state index contributed by atoms with van der Waals surface area (Å²) in [6.07, 6.45) is 4.15. The second-order valence-electron chi connectivity index (χ2n) is 5.50. The zero-order chi connectivity index (χ0) is 17.6. The van der Waals surface area contributed by atoms with Gasteiger partial charge in [0, 0.05) is 6.54 Å². The Morgan fingerprint density at radius 2 is 1.72 bits per heavy atom. The number of rotatable bonds is 0. The first-order chi connectivity index (χ1) is 12.1. The third-order valence-corrected chi connectivity index (χ3v) is 4.01. The smallest absolute Gasteiger partial charge is 0.255 e. The highest BCUT2D eigenvalue weighted by molar-refractivity contribution is 6.32. The van der Waals surface area contributed by atoms with E-state index in [2.05, 4.69) is 5.32 Å². The van der Waals surface area contributed by atoms with Gasteiger partial charge in [0.2, 0.25) is 0 Å². The van der Waals surface area contributed by atoms with E-state index in [9.17, 15) is 9.18 Å². The summed E-state index contributed by atoms with van der Waals surface area (Å²) in [5.74, 6) is 0.0747. The standard InChI is InChI=1S/C19H17ClFNO3/c20-16-11-13-3-5-18(16)25-10-2-1-9-24-17-6-4-14(21)12-15(17)19(23)22-8-7-13/h1-6,11-12H,7-10H2,(H,22,23)/b2-1+. The van der Waals surface area contributed by atoms with E-state index in [0.717, 1.165) is 5.56 Å². The Bertz CT molecular complexity index is 807. The molecule has 0 atom stereocenters. The van der Waals surface area contributed by atoms with Crippen LogP contribution in [0.15, 0.2) is 48.6 Å². The molecule has 2 aliphatic heterocycles. The molecule has 2 aromatic carbocycles. The van der Waals surface area contributed by atoms with E-state index in [-0.39, 0.29) is 18.1 Å². The van der Waals surface area contributed by atoms with Crippen LogP contribution in [0.4, 0.5) is 4.39 Å². The van der Waals surface area contributed by atoms with Gasteiger partial charge in [0.25, 0.3) is 5.91 Å². The van der Waals surface area contributed by atoms with Gasteiger partial charge >= 0.3 is 0 Å². The van der Waals surface area contributed by atoms with Gasteiger partial charge in [-0.25, -0.2) is 4.39 Å². The summed E-state index contributed by atoms with van der Waals surface area (Å²) in [5, 5.41) is 3.30. The molecule has 0 aromatic heterocycles. The zero-order valence-corrected chi connectivity index (χ0v) is 14.2. The molecule has 2 heterocycles. The van der Waals surface area contributed by atoms with E-state index in [1.54, 1.807) is 18.2 Å². The van der Waals surface area contributed by atoms with E-state index in [1.807, 2.05) is 12.1 Å². The van der Waals surface area contributed by atoms with Crippen LogP contribution in [0.5, 0.6) is 11.5 Å². The first kappa shape index (κ1) is 17.3. The van der Waals surface area contributed by atoms with Crippen molar-refractivity contribution in [2.45, 2.75) is 6.42 Å². The summed E-state index contributed by atoms with van der Waals surface area (Å²) in [4.78, 5) is 12.4. The number of hydrogen-bond donors (Lipinski definition) is 1. The first-order valence-corrected chi connectivity index (χ1v) is 8.28. The van der Waals surface area contributed by atoms with Gasteiger partial charge in [0.15, 0.2) is 0 Å². The molecule has 0 radical (unpaired) electrons. The van der Waals surface area contributed by atoms with E-state index in [0.29, 0.717) is 36.1 Å². The molecule has 4 rings (SSSR count). The molecule has 6 heteroatoms. The van der Waals surface area contributed by atoms with Crippen LogP contribution in [-0.2, 0) is 6.42 Å². The molecule has 2 aliphatic rings. The fourth-order valence-electron chi connectivity index (χ4n) is 2.45. The van der Waals surface area contributed by atoms with Crippen molar-refractivity contribution in [3.8, 4) is 11.5 Å². The number of hydrogen-bond acceptors (Lipinski definition) is 3. The largest absolute Gasteiger partial charge is 0.489 e. The van der Waals surface area contributed by atoms with Crippen molar-refractivity contribution in [1.29, 1.82) is 0 Å². The average Bonchev–Trinajstić information content (AvgIpc) is 2.59. The van der Waals surface area contributed by atoms with E-state index < -0.39 is 5.82 Å². The van der Waals surface area contributed by atoms with Crippen LogP contribution in [0.25, 0.3) is 0 Å². The monoisotopic (exact) mass is 361 g/mol. The molecule has 4 nitrogen and oxygen atoms in total. The molecule has 0 unspecified atom stereocenters. The van der Waals surface area contributed by atoms with Gasteiger partial charge in [-0.05, 0) is 54.5 Å². The Kier molecular flexibility index (Phi) is 5.56. The molecule has 0 saturated heterocycles. The lowest BCUT2D eigenvalue weighted by atomic mass is 10.1. The highest BCUT2D eigenvalue weighted by Gasteiger charge is 2.14. The number of fused-ring (bicyclic) bond motifs is 9. The summed E-state index contributed by atoms with van der Waals surface area (Å²) in [5.41, 5.74) is 1.14. The number of carbonyl (C=O) groups excluding carboxylic acids is 1. The second-order valence-corrected chi connectivity index (χ2v) is 5.91. The first-order valence-electron chi connectivity index (χ1n) is 7.90. The van der Waals surface area contributed by atoms with Crippen molar-refractivity contribution in [2.75, 3.05) is 19.8 Å². The predicted molar refractivity (Wildman–Crippen MR) is 94.0 cm³/mol. The van der Waals surface area contributed by atoms with Crippen molar-refractivity contribution in [3.63, 3.8) is 0 Å². The quantitative estimate of drug-likeness (QED) is 0.726. The Labute approximate surface area is 150 Å². The zero-order valence-electron chi connectivity index (χ0n) is 13.4. The molecule has 0 spiro atoms. The Balaban J connectivity index is 1.84. The molecule has 1 amide bonds. The molecule has 0 aliphatic carbocycles. The van der Waals surface area contributed by atoms with Crippen LogP contribution < -0.4 is 14.8 Å². The third kappa shape index (κ3) is 4.51. The van der Waals surface area contributed by atoms with Crippen molar-refractivity contribution in [2.24, 2.45) is 0 Å². The van der Waals surface area contributed by atoms with Gasteiger partial charge < -0.3 is 14.8 Å². The normalized spacial score (nSPS) is 16.3.